The predicted octanol–water partition coefficient (Wildman–Crippen LogP) is 4.20. The Hall–Kier alpha value is -1.62. The van der Waals surface area contributed by atoms with Crippen LogP contribution in [0.1, 0.15) is 5.56 Å². The molecule has 0 atom stereocenters. The lowest BCUT2D eigenvalue weighted by Crippen LogP contribution is -2.29. The fourth-order valence-electron chi connectivity index (χ4n) is 2.00. The third kappa shape index (κ3) is 4.70. The van der Waals surface area contributed by atoms with Crippen LogP contribution in [0.25, 0.3) is 0 Å². The van der Waals surface area contributed by atoms with Gasteiger partial charge in [0.05, 0.1) is 16.6 Å². The Morgan fingerprint density at radius 2 is 1.86 bits per heavy atom. The number of nitrogens with one attached hydrogen (secondary N) is 1. The molecule has 0 bridgehead atoms. The van der Waals surface area contributed by atoms with Gasteiger partial charge in [0.2, 0.25) is 5.91 Å². The molecule has 0 aromatic heterocycles. The maximum Gasteiger partial charge on any atom is 0.238 e. The average molecular weight is 341 g/mol. The number of carbonyl (C=O) groups is 1. The molecule has 0 spiro atoms. The molecule has 6 heteroatoms. The minimum Gasteiger partial charge on any atom is -0.325 e. The van der Waals surface area contributed by atoms with Gasteiger partial charge >= 0.3 is 0 Å². The zero-order valence-electron chi connectivity index (χ0n) is 11.9. The molecule has 0 unspecified atom stereocenters. The molecular weight excluding hydrogens is 326 g/mol. The summed E-state index contributed by atoms with van der Waals surface area (Å²) in [4.78, 5) is 13.8. The predicted molar refractivity (Wildman–Crippen MR) is 87.8 cm³/mol. The van der Waals surface area contributed by atoms with Crippen molar-refractivity contribution in [3.63, 3.8) is 0 Å². The van der Waals surface area contributed by atoms with Crippen molar-refractivity contribution >= 4 is 34.8 Å². The number of carbonyl (C=O) groups excluding carboxylic acids is 1. The number of amides is 1. The number of hydrogen-bond donors (Lipinski definition) is 1. The second-order valence-corrected chi connectivity index (χ2v) is 5.73. The van der Waals surface area contributed by atoms with Crippen molar-refractivity contribution in [3.05, 3.63) is 63.9 Å². The van der Waals surface area contributed by atoms with Crippen LogP contribution < -0.4 is 5.32 Å². The molecule has 22 heavy (non-hydrogen) atoms. The van der Waals surface area contributed by atoms with Crippen LogP contribution in [-0.4, -0.2) is 24.4 Å². The monoisotopic (exact) mass is 340 g/mol. The summed E-state index contributed by atoms with van der Waals surface area (Å²) in [5, 5.41) is 3.69. The van der Waals surface area contributed by atoms with Gasteiger partial charge in [0.1, 0.15) is 5.82 Å². The average Bonchev–Trinajstić information content (AvgIpc) is 2.46. The van der Waals surface area contributed by atoms with E-state index < -0.39 is 0 Å². The molecule has 1 amide bonds. The number of nitrogens with zero attached hydrogens (tertiary/aromatic N) is 1. The fraction of sp³-hybridized carbons (Fsp3) is 0.188. The van der Waals surface area contributed by atoms with Gasteiger partial charge in [-0.15, -0.1) is 0 Å². The topological polar surface area (TPSA) is 32.3 Å². The van der Waals surface area contributed by atoms with Gasteiger partial charge in [0, 0.05) is 12.2 Å². The molecule has 0 aliphatic carbocycles. The van der Waals surface area contributed by atoms with Crippen molar-refractivity contribution in [2.24, 2.45) is 0 Å². The summed E-state index contributed by atoms with van der Waals surface area (Å²) in [5.41, 5.74) is 1.41. The number of rotatable bonds is 5. The number of hydrogen-bond acceptors (Lipinski definition) is 2. The largest absolute Gasteiger partial charge is 0.325 e. The van der Waals surface area contributed by atoms with E-state index in [0.717, 1.165) is 5.56 Å². The molecule has 2 aromatic carbocycles. The van der Waals surface area contributed by atoms with Crippen LogP contribution in [0.4, 0.5) is 10.1 Å². The third-order valence-corrected chi connectivity index (χ3v) is 3.87. The molecule has 0 fully saturated rings. The molecule has 0 saturated heterocycles. The zero-order valence-corrected chi connectivity index (χ0v) is 13.5. The standard InChI is InChI=1S/C16H15Cl2FN2O/c1-21(9-11-3-2-4-14(17)16(11)18)10-15(22)20-13-7-5-12(19)6-8-13/h2-8H,9-10H2,1H3,(H,20,22). The molecule has 0 aliphatic heterocycles. The highest BCUT2D eigenvalue weighted by molar-refractivity contribution is 6.42. The van der Waals surface area contributed by atoms with Crippen molar-refractivity contribution in [1.82, 2.24) is 4.90 Å². The van der Waals surface area contributed by atoms with Crippen LogP contribution in [0.15, 0.2) is 42.5 Å². The Balaban J connectivity index is 1.91. The Bertz CT molecular complexity index is 662. The van der Waals surface area contributed by atoms with Crippen LogP contribution in [0.3, 0.4) is 0 Å². The number of anilines is 1. The van der Waals surface area contributed by atoms with E-state index >= 15 is 0 Å². The molecule has 0 aliphatic rings. The first-order chi connectivity index (χ1) is 10.5. The summed E-state index contributed by atoms with van der Waals surface area (Å²) < 4.78 is 12.8. The summed E-state index contributed by atoms with van der Waals surface area (Å²) in [7, 11) is 1.81. The van der Waals surface area contributed by atoms with E-state index in [1.54, 1.807) is 6.07 Å². The van der Waals surface area contributed by atoms with Crippen LogP contribution in [0.5, 0.6) is 0 Å². The maximum atomic E-state index is 12.8. The van der Waals surface area contributed by atoms with Crippen molar-refractivity contribution in [1.29, 1.82) is 0 Å². The second-order valence-electron chi connectivity index (χ2n) is 4.94. The fourth-order valence-corrected chi connectivity index (χ4v) is 2.38. The molecule has 0 saturated carbocycles. The van der Waals surface area contributed by atoms with Crippen LogP contribution in [0.2, 0.25) is 10.0 Å². The van der Waals surface area contributed by atoms with E-state index in [-0.39, 0.29) is 18.3 Å². The Labute approximate surface area is 138 Å². The molecule has 1 N–H and O–H groups in total. The van der Waals surface area contributed by atoms with Gasteiger partial charge in [-0.05, 0) is 42.9 Å². The quantitative estimate of drug-likeness (QED) is 0.884. The first kappa shape index (κ1) is 16.7. The number of benzene rings is 2. The summed E-state index contributed by atoms with van der Waals surface area (Å²) in [6.07, 6.45) is 0. The van der Waals surface area contributed by atoms with E-state index in [0.29, 0.717) is 22.3 Å². The van der Waals surface area contributed by atoms with Crippen molar-refractivity contribution in [2.75, 3.05) is 18.9 Å². The van der Waals surface area contributed by atoms with E-state index in [4.69, 9.17) is 23.2 Å². The smallest absolute Gasteiger partial charge is 0.238 e. The van der Waals surface area contributed by atoms with Crippen LogP contribution >= 0.6 is 23.2 Å². The lowest BCUT2D eigenvalue weighted by atomic mass is 10.2. The molecule has 2 rings (SSSR count). The number of halogens is 3. The lowest BCUT2D eigenvalue weighted by molar-refractivity contribution is -0.117. The summed E-state index contributed by atoms with van der Waals surface area (Å²) >= 11 is 12.1. The first-order valence-electron chi connectivity index (χ1n) is 6.62. The van der Waals surface area contributed by atoms with Crippen LogP contribution in [-0.2, 0) is 11.3 Å². The molecule has 0 radical (unpaired) electrons. The minimum atomic E-state index is -0.342. The molecule has 2 aromatic rings. The normalized spacial score (nSPS) is 10.8. The van der Waals surface area contributed by atoms with Crippen molar-refractivity contribution in [2.45, 2.75) is 6.54 Å². The van der Waals surface area contributed by atoms with E-state index in [1.165, 1.54) is 24.3 Å². The summed E-state index contributed by atoms with van der Waals surface area (Å²) in [6, 6.07) is 11.0. The van der Waals surface area contributed by atoms with Gasteiger partial charge in [-0.25, -0.2) is 4.39 Å². The van der Waals surface area contributed by atoms with Gasteiger partial charge in [-0.1, -0.05) is 35.3 Å². The zero-order chi connectivity index (χ0) is 16.1. The van der Waals surface area contributed by atoms with E-state index in [2.05, 4.69) is 5.32 Å². The van der Waals surface area contributed by atoms with E-state index in [9.17, 15) is 9.18 Å². The highest BCUT2D eigenvalue weighted by Gasteiger charge is 2.11. The van der Waals surface area contributed by atoms with Crippen molar-refractivity contribution in [3.8, 4) is 0 Å². The molecular formula is C16H15Cl2FN2O. The van der Waals surface area contributed by atoms with Gasteiger partial charge in [0.25, 0.3) is 0 Å². The minimum absolute atomic E-state index is 0.181. The van der Waals surface area contributed by atoms with Gasteiger partial charge in [0.15, 0.2) is 0 Å². The Morgan fingerprint density at radius 3 is 2.55 bits per heavy atom. The number of likely N-dealkylation sites (N-methyl/N-ethyl adjacent to an activating group) is 1. The van der Waals surface area contributed by atoms with E-state index in [1.807, 2.05) is 24.1 Å². The molecule has 116 valence electrons. The van der Waals surface area contributed by atoms with Gasteiger partial charge in [-0.3, -0.25) is 9.69 Å². The SMILES string of the molecule is CN(CC(=O)Nc1ccc(F)cc1)Cc1cccc(Cl)c1Cl. The maximum absolute atomic E-state index is 12.8. The summed E-state index contributed by atoms with van der Waals surface area (Å²) in [6.45, 7) is 0.677. The van der Waals surface area contributed by atoms with Gasteiger partial charge < -0.3 is 5.32 Å². The Morgan fingerprint density at radius 1 is 1.18 bits per heavy atom. The highest BCUT2D eigenvalue weighted by atomic mass is 35.5. The summed E-state index contributed by atoms with van der Waals surface area (Å²) in [5.74, 6) is -0.530. The first-order valence-corrected chi connectivity index (χ1v) is 7.38. The lowest BCUT2D eigenvalue weighted by Gasteiger charge is -2.17. The third-order valence-electron chi connectivity index (χ3n) is 3.01. The second kappa shape index (κ2) is 7.58. The van der Waals surface area contributed by atoms with Crippen molar-refractivity contribution < 1.29 is 9.18 Å². The van der Waals surface area contributed by atoms with Crippen LogP contribution in [0, 0.1) is 5.82 Å². The highest BCUT2D eigenvalue weighted by Crippen LogP contribution is 2.26. The molecule has 0 heterocycles. The van der Waals surface area contributed by atoms with Gasteiger partial charge in [-0.2, -0.15) is 0 Å². The Kier molecular flexibility index (Phi) is 5.77. The molecule has 3 nitrogen and oxygen atoms in total.